The summed E-state index contributed by atoms with van der Waals surface area (Å²) < 4.78 is 8.06. The van der Waals surface area contributed by atoms with Gasteiger partial charge in [-0.05, 0) is 95.9 Å². The number of nitriles is 1. The fourth-order valence-corrected chi connectivity index (χ4v) is 9.69. The molecule has 3 aliphatic heterocycles. The minimum absolute atomic E-state index is 0.104. The summed E-state index contributed by atoms with van der Waals surface area (Å²) in [5.74, 6) is -0.116. The summed E-state index contributed by atoms with van der Waals surface area (Å²) in [7, 11) is 1.77. The number of urea groups is 1. The largest absolute Gasteiger partial charge is 0.377 e. The van der Waals surface area contributed by atoms with Gasteiger partial charge in [0.1, 0.15) is 11.6 Å². The Labute approximate surface area is 342 Å². The van der Waals surface area contributed by atoms with Gasteiger partial charge in [0.15, 0.2) is 10.9 Å². The van der Waals surface area contributed by atoms with Crippen LogP contribution in [-0.2, 0) is 26.2 Å². The van der Waals surface area contributed by atoms with E-state index in [1.807, 2.05) is 32.0 Å². The number of anilines is 3. The number of halogens is 1. The molecule has 57 heavy (non-hydrogen) atoms. The van der Waals surface area contributed by atoms with Crippen molar-refractivity contribution in [3.05, 3.63) is 47.0 Å². The normalized spacial score (nSPS) is 24.6. The predicted molar refractivity (Wildman–Crippen MR) is 221 cm³/mol. The lowest BCUT2D eigenvalue weighted by molar-refractivity contribution is -0.124. The van der Waals surface area contributed by atoms with Gasteiger partial charge in [0.2, 0.25) is 11.8 Å². The molecule has 4 fully saturated rings. The van der Waals surface area contributed by atoms with E-state index in [0.29, 0.717) is 45.4 Å². The van der Waals surface area contributed by atoms with Crippen LogP contribution in [0.25, 0.3) is 10.9 Å². The highest BCUT2D eigenvalue weighted by Crippen LogP contribution is 2.39. The van der Waals surface area contributed by atoms with Crippen LogP contribution in [0.15, 0.2) is 36.4 Å². The Balaban J connectivity index is 0.876. The number of fused-ring (bicyclic) bond motifs is 1. The molecule has 3 aromatic rings. The zero-order valence-electron chi connectivity index (χ0n) is 33.0. The van der Waals surface area contributed by atoms with Gasteiger partial charge < -0.3 is 15.0 Å². The fourth-order valence-electron chi connectivity index (χ4n) is 8.90. The molecule has 15 nitrogen and oxygen atoms in total. The number of aromatic nitrogens is 2. The number of nitrogens with one attached hydrogen (secondary N) is 2. The maximum Gasteiger partial charge on any atom is 0.329 e. The van der Waals surface area contributed by atoms with Crippen LogP contribution in [0, 0.1) is 11.3 Å². The van der Waals surface area contributed by atoms with Gasteiger partial charge in [0.25, 0.3) is 5.91 Å². The molecule has 1 saturated carbocycles. The highest BCUT2D eigenvalue weighted by atomic mass is 35.5. The number of aryl methyl sites for hydroxylation is 1. The Kier molecular flexibility index (Phi) is 11.6. The van der Waals surface area contributed by atoms with Crippen molar-refractivity contribution in [2.75, 3.05) is 54.4 Å². The highest BCUT2D eigenvalue weighted by molar-refractivity contribution is 7.80. The summed E-state index contributed by atoms with van der Waals surface area (Å²) >= 11 is 12.2. The number of para-hydroxylation sites is 1. The monoisotopic (exact) mass is 816 g/mol. The summed E-state index contributed by atoms with van der Waals surface area (Å²) in [5, 5.41) is 20.7. The highest BCUT2D eigenvalue weighted by Gasteiger charge is 2.52. The number of rotatable bonds is 10. The van der Waals surface area contributed by atoms with Crippen LogP contribution in [0.3, 0.4) is 0 Å². The van der Waals surface area contributed by atoms with Crippen molar-refractivity contribution in [2.45, 2.75) is 89.6 Å². The summed E-state index contributed by atoms with van der Waals surface area (Å²) in [4.78, 5) is 61.0. The number of hydrogen-bond donors (Lipinski definition) is 2. The van der Waals surface area contributed by atoms with E-state index in [1.54, 1.807) is 34.8 Å². The Hall–Kier alpha value is -4.66. The number of carbonyl (C=O) groups is 4. The second-order valence-corrected chi connectivity index (χ2v) is 16.8. The first kappa shape index (κ1) is 40.5. The van der Waals surface area contributed by atoms with Crippen LogP contribution >= 0.6 is 23.8 Å². The van der Waals surface area contributed by atoms with Crippen LogP contribution in [0.1, 0.15) is 65.4 Å². The molecule has 1 aromatic heterocycles. The molecule has 4 aliphatic rings. The Morgan fingerprint density at radius 3 is 2.49 bits per heavy atom. The number of imide groups is 1. The average Bonchev–Trinajstić information content (AvgIpc) is 3.58. The Bertz CT molecular complexity index is 2130. The van der Waals surface area contributed by atoms with E-state index in [0.717, 1.165) is 45.3 Å². The zero-order chi connectivity index (χ0) is 40.8. The number of benzene rings is 2. The molecule has 0 spiro atoms. The second-order valence-electron chi connectivity index (χ2n) is 16.0. The molecule has 0 radical (unpaired) electrons. The van der Waals surface area contributed by atoms with Gasteiger partial charge in [-0.1, -0.05) is 17.7 Å². The van der Waals surface area contributed by atoms with E-state index in [4.69, 9.17) is 28.6 Å². The maximum absolute atomic E-state index is 13.6. The Morgan fingerprint density at radius 1 is 1.11 bits per heavy atom. The van der Waals surface area contributed by atoms with Gasteiger partial charge in [-0.25, -0.2) is 4.79 Å². The third kappa shape index (κ3) is 7.96. The molecular weight excluding hydrogens is 768 g/mol. The van der Waals surface area contributed by atoms with Gasteiger partial charge in [-0.3, -0.25) is 44.0 Å². The van der Waals surface area contributed by atoms with Crippen LogP contribution in [0.4, 0.5) is 22.0 Å². The van der Waals surface area contributed by atoms with Gasteiger partial charge in [-0.2, -0.15) is 10.4 Å². The van der Waals surface area contributed by atoms with Gasteiger partial charge >= 0.3 is 6.03 Å². The van der Waals surface area contributed by atoms with Crippen molar-refractivity contribution in [1.29, 1.82) is 5.26 Å². The van der Waals surface area contributed by atoms with Crippen molar-refractivity contribution in [3.63, 3.8) is 0 Å². The number of thiocarbonyl (C=S) groups is 1. The van der Waals surface area contributed by atoms with E-state index in [2.05, 4.69) is 50.3 Å². The molecule has 17 heteroatoms. The SMILES string of the molecule is C[C@@H]1CN(CCOC2CCC(N3C(=S)N(c4ccc(C#N)c(Cl)c4)C(=O)C3(C)C)CC2)C[C@H](C)N1CC(=O)Nc1cccc2c(N3CCC(=O)NC3=O)nn(C)c12. The zero-order valence-corrected chi connectivity index (χ0v) is 34.5. The minimum Gasteiger partial charge on any atom is -0.377 e. The number of carbonyl (C=O) groups excluding carboxylic acids is 4. The van der Waals surface area contributed by atoms with Crippen molar-refractivity contribution >= 4 is 80.8 Å². The predicted octanol–water partition coefficient (Wildman–Crippen LogP) is 4.62. The third-order valence-electron chi connectivity index (χ3n) is 11.8. The minimum atomic E-state index is -0.818. The van der Waals surface area contributed by atoms with E-state index >= 15 is 0 Å². The lowest BCUT2D eigenvalue weighted by Crippen LogP contribution is -2.58. The van der Waals surface area contributed by atoms with Crippen molar-refractivity contribution in [3.8, 4) is 6.07 Å². The van der Waals surface area contributed by atoms with Crippen LogP contribution in [0.2, 0.25) is 5.02 Å². The van der Waals surface area contributed by atoms with E-state index in [9.17, 15) is 24.4 Å². The first-order valence-corrected chi connectivity index (χ1v) is 20.3. The molecule has 2 atom stereocenters. The molecule has 1 aliphatic carbocycles. The van der Waals surface area contributed by atoms with Gasteiger partial charge in [0.05, 0.1) is 46.7 Å². The number of piperazine rings is 1. The summed E-state index contributed by atoms with van der Waals surface area (Å²) in [5.41, 5.74) is 1.39. The number of ether oxygens (including phenoxy) is 1. The molecule has 3 saturated heterocycles. The van der Waals surface area contributed by atoms with Crippen LogP contribution in [0.5, 0.6) is 0 Å². The summed E-state index contributed by atoms with van der Waals surface area (Å²) in [6, 6.07) is 12.4. The van der Waals surface area contributed by atoms with Crippen molar-refractivity contribution < 1.29 is 23.9 Å². The average molecular weight is 817 g/mol. The van der Waals surface area contributed by atoms with Crippen LogP contribution < -0.4 is 20.4 Å². The number of hydrogen-bond acceptors (Lipinski definition) is 10. The first-order valence-electron chi connectivity index (χ1n) is 19.5. The molecule has 0 unspecified atom stereocenters. The van der Waals surface area contributed by atoms with Crippen molar-refractivity contribution in [1.82, 2.24) is 29.8 Å². The topological polar surface area (TPSA) is 159 Å². The second kappa shape index (κ2) is 16.3. The third-order valence-corrected chi connectivity index (χ3v) is 12.5. The molecular formula is C40H49ClN10O5S. The van der Waals surface area contributed by atoms with E-state index < -0.39 is 11.6 Å². The molecule has 0 bridgehead atoms. The molecule has 7 rings (SSSR count). The molecule has 5 amide bonds. The standard InChI is InChI=1S/C40H49ClN10O5S/c1-24-21-47(17-18-56-29-13-11-27(12-14-29)51-39(57)50(37(54)40(51,3)4)28-10-9-26(20-42)31(41)19-28)22-25(2)49(24)23-34(53)43-32-8-6-7-30-35(32)46(5)45-36(30)48-16-15-33(52)44-38(48)55/h6-10,19,24-25,27,29H,11-18,21-23H2,1-5H3,(H,43,53)(H,44,52,55)/t24-,25+,27?,29?. The maximum atomic E-state index is 13.6. The van der Waals surface area contributed by atoms with Gasteiger partial charge in [0, 0.05) is 63.2 Å². The first-order chi connectivity index (χ1) is 27.2. The van der Waals surface area contributed by atoms with Crippen LogP contribution in [-0.4, -0.2) is 122 Å². The smallest absolute Gasteiger partial charge is 0.329 e. The fraction of sp³-hybridized carbons (Fsp3) is 0.525. The van der Waals surface area contributed by atoms with E-state index in [-0.39, 0.29) is 66.5 Å². The summed E-state index contributed by atoms with van der Waals surface area (Å²) in [6.45, 7) is 11.6. The summed E-state index contributed by atoms with van der Waals surface area (Å²) in [6.07, 6.45) is 3.77. The number of amides is 5. The lowest BCUT2D eigenvalue weighted by Gasteiger charge is -2.44. The van der Waals surface area contributed by atoms with Crippen molar-refractivity contribution in [2.24, 2.45) is 7.05 Å². The van der Waals surface area contributed by atoms with E-state index in [1.165, 1.54) is 4.90 Å². The quantitative estimate of drug-likeness (QED) is 0.275. The molecule has 302 valence electrons. The molecule has 2 aromatic carbocycles. The molecule has 2 N–H and O–H groups in total. The van der Waals surface area contributed by atoms with Gasteiger partial charge in [-0.15, -0.1) is 0 Å². The molecule has 4 heterocycles. The lowest BCUT2D eigenvalue weighted by atomic mass is 9.89. The number of nitrogens with zero attached hydrogens (tertiary/aromatic N) is 8. The Morgan fingerprint density at radius 2 is 1.82 bits per heavy atom.